The van der Waals surface area contributed by atoms with E-state index in [0.29, 0.717) is 0 Å². The van der Waals surface area contributed by atoms with Gasteiger partial charge in [0.05, 0.1) is 6.61 Å². The van der Waals surface area contributed by atoms with Crippen molar-refractivity contribution >= 4 is 0 Å². The lowest BCUT2D eigenvalue weighted by atomic mass is 9.97. The zero-order valence-corrected chi connectivity index (χ0v) is 6.50. The van der Waals surface area contributed by atoms with E-state index in [-0.39, 0.29) is 0 Å². The molecule has 6 heteroatoms. The van der Waals surface area contributed by atoms with Gasteiger partial charge in [-0.25, -0.2) is 0 Å². The molecule has 1 heterocycles. The van der Waals surface area contributed by atoms with Gasteiger partial charge in [0.1, 0.15) is 18.2 Å². The first-order valence-electron chi connectivity index (χ1n) is 3.71. The molecule has 1 aliphatic rings. The molecule has 6 nitrogen and oxygen atoms in total. The molecular weight excluding hydrogens is 166 g/mol. The Morgan fingerprint density at radius 3 is 2.25 bits per heavy atom. The molecule has 0 aliphatic carbocycles. The van der Waals surface area contributed by atoms with E-state index in [1.54, 1.807) is 0 Å². The molecule has 1 fully saturated rings. The maximum absolute atomic E-state index is 9.31. The van der Waals surface area contributed by atoms with Crippen LogP contribution in [0.15, 0.2) is 0 Å². The third kappa shape index (κ3) is 1.58. The molecule has 0 radical (unpaired) electrons. The quantitative estimate of drug-likeness (QED) is 0.282. The van der Waals surface area contributed by atoms with E-state index in [4.69, 9.17) is 20.1 Å². The number of rotatable bonds is 1. The highest BCUT2D eigenvalue weighted by atomic mass is 16.6. The van der Waals surface area contributed by atoms with Crippen molar-refractivity contribution in [1.29, 1.82) is 0 Å². The lowest BCUT2D eigenvalue weighted by molar-refractivity contribution is -0.487. The van der Waals surface area contributed by atoms with Crippen LogP contribution in [0.2, 0.25) is 0 Å². The zero-order chi connectivity index (χ0) is 9.30. The number of aliphatic hydroxyl groups is 4. The normalized spacial score (nSPS) is 49.2. The summed E-state index contributed by atoms with van der Waals surface area (Å²) in [6.45, 7) is -0.406. The van der Waals surface area contributed by atoms with Crippen molar-refractivity contribution in [3.8, 4) is 0 Å². The molecule has 7 N–H and O–H groups in total. The smallest absolute Gasteiger partial charge is 0.187 e. The minimum atomic E-state index is -1.38. The van der Waals surface area contributed by atoms with Crippen LogP contribution in [-0.4, -0.2) is 57.7 Å². The number of aliphatic hydroxyl groups excluding tert-OH is 4. The van der Waals surface area contributed by atoms with Crippen molar-refractivity contribution in [1.82, 2.24) is 0 Å². The molecule has 0 aromatic rings. The Morgan fingerprint density at radius 2 is 1.75 bits per heavy atom. The second-order valence-electron chi connectivity index (χ2n) is 2.89. The molecule has 0 spiro atoms. The number of quaternary nitrogens is 1. The van der Waals surface area contributed by atoms with E-state index in [2.05, 4.69) is 5.73 Å². The molecule has 12 heavy (non-hydrogen) atoms. The van der Waals surface area contributed by atoms with Crippen molar-refractivity contribution in [2.24, 2.45) is 0 Å². The largest absolute Gasteiger partial charge is 0.394 e. The predicted molar refractivity (Wildman–Crippen MR) is 36.7 cm³/mol. The standard InChI is InChI=1S/C6H13NO5/c7-3-4(9)2(1-8)12-6(11)5(3)10/h2-6,8-11H,1,7H2/p+1. The zero-order valence-electron chi connectivity index (χ0n) is 6.50. The van der Waals surface area contributed by atoms with Crippen molar-refractivity contribution in [3.63, 3.8) is 0 Å². The van der Waals surface area contributed by atoms with Crippen LogP contribution in [-0.2, 0) is 4.74 Å². The first-order valence-corrected chi connectivity index (χ1v) is 3.71. The Morgan fingerprint density at radius 1 is 1.17 bits per heavy atom. The van der Waals surface area contributed by atoms with Crippen LogP contribution in [0.25, 0.3) is 0 Å². The second-order valence-corrected chi connectivity index (χ2v) is 2.89. The highest BCUT2D eigenvalue weighted by Gasteiger charge is 2.44. The van der Waals surface area contributed by atoms with Crippen LogP contribution in [0.5, 0.6) is 0 Å². The summed E-state index contributed by atoms with van der Waals surface area (Å²) in [7, 11) is 0. The fraction of sp³-hybridized carbons (Fsp3) is 1.00. The highest BCUT2D eigenvalue weighted by Crippen LogP contribution is 2.16. The van der Waals surface area contributed by atoms with Crippen LogP contribution >= 0.6 is 0 Å². The van der Waals surface area contributed by atoms with Crippen LogP contribution < -0.4 is 5.73 Å². The van der Waals surface area contributed by atoms with Crippen molar-refractivity contribution in [3.05, 3.63) is 0 Å². The second kappa shape index (κ2) is 3.65. The van der Waals surface area contributed by atoms with Gasteiger partial charge in [0.2, 0.25) is 0 Å². The number of hydrogen-bond donors (Lipinski definition) is 5. The van der Waals surface area contributed by atoms with Crippen LogP contribution in [0, 0.1) is 0 Å². The third-order valence-corrected chi connectivity index (χ3v) is 2.04. The van der Waals surface area contributed by atoms with Gasteiger partial charge in [-0.2, -0.15) is 0 Å². The van der Waals surface area contributed by atoms with E-state index in [9.17, 15) is 5.11 Å². The van der Waals surface area contributed by atoms with E-state index in [1.807, 2.05) is 0 Å². The minimum Gasteiger partial charge on any atom is -0.394 e. The highest BCUT2D eigenvalue weighted by molar-refractivity contribution is 4.87. The van der Waals surface area contributed by atoms with Gasteiger partial charge in [0.25, 0.3) is 0 Å². The fourth-order valence-electron chi connectivity index (χ4n) is 1.18. The summed E-state index contributed by atoms with van der Waals surface area (Å²) in [5, 5.41) is 36.2. The van der Waals surface area contributed by atoms with E-state index >= 15 is 0 Å². The van der Waals surface area contributed by atoms with Crippen LogP contribution in [0.4, 0.5) is 0 Å². The van der Waals surface area contributed by atoms with Gasteiger partial charge in [-0.3, -0.25) is 0 Å². The van der Waals surface area contributed by atoms with E-state index < -0.39 is 37.3 Å². The van der Waals surface area contributed by atoms with Gasteiger partial charge in [-0.05, 0) is 0 Å². The summed E-state index contributed by atoms with van der Waals surface area (Å²) in [6, 6.07) is -0.745. The minimum absolute atomic E-state index is 0.406. The maximum Gasteiger partial charge on any atom is 0.187 e. The molecule has 72 valence electrons. The van der Waals surface area contributed by atoms with Gasteiger partial charge in [0, 0.05) is 0 Å². The van der Waals surface area contributed by atoms with Gasteiger partial charge >= 0.3 is 0 Å². The van der Waals surface area contributed by atoms with Gasteiger partial charge in [-0.15, -0.1) is 0 Å². The summed E-state index contributed by atoms with van der Waals surface area (Å²) in [5.41, 5.74) is 3.46. The average Bonchev–Trinajstić information content (AvgIpc) is 2.08. The Labute approximate surface area is 69.2 Å². The molecule has 1 rings (SSSR count). The van der Waals surface area contributed by atoms with Gasteiger partial charge in [0.15, 0.2) is 12.4 Å². The lowest BCUT2D eigenvalue weighted by Gasteiger charge is -2.35. The first kappa shape index (κ1) is 9.85. The topological polar surface area (TPSA) is 118 Å². The predicted octanol–water partition coefficient (Wildman–Crippen LogP) is -3.97. The maximum atomic E-state index is 9.31. The number of ether oxygens (including phenoxy) is 1. The van der Waals surface area contributed by atoms with Crippen LogP contribution in [0.1, 0.15) is 0 Å². The molecule has 0 bridgehead atoms. The van der Waals surface area contributed by atoms with Crippen LogP contribution in [0.3, 0.4) is 0 Å². The van der Waals surface area contributed by atoms with Crippen molar-refractivity contribution in [2.75, 3.05) is 6.61 Å². The molecule has 0 amide bonds. The number of hydrogen-bond acceptors (Lipinski definition) is 5. The molecule has 5 unspecified atom stereocenters. The Balaban J connectivity index is 2.63. The summed E-state index contributed by atoms with van der Waals surface area (Å²) < 4.78 is 4.70. The summed E-state index contributed by atoms with van der Waals surface area (Å²) in [4.78, 5) is 0. The lowest BCUT2D eigenvalue weighted by Crippen LogP contribution is -2.78. The Kier molecular flexibility index (Phi) is 2.99. The average molecular weight is 180 g/mol. The van der Waals surface area contributed by atoms with Gasteiger partial charge in [-0.1, -0.05) is 0 Å². The molecule has 0 aromatic carbocycles. The molecule has 0 saturated carbocycles. The molecular formula is C6H14NO5+. The monoisotopic (exact) mass is 180 g/mol. The van der Waals surface area contributed by atoms with E-state index in [0.717, 1.165) is 0 Å². The summed E-state index contributed by atoms with van der Waals surface area (Å²) in [5.74, 6) is 0. The van der Waals surface area contributed by atoms with Crippen molar-refractivity contribution < 1.29 is 30.9 Å². The molecule has 1 saturated heterocycles. The van der Waals surface area contributed by atoms with Gasteiger partial charge < -0.3 is 30.9 Å². The summed E-state index contributed by atoms with van der Waals surface area (Å²) >= 11 is 0. The van der Waals surface area contributed by atoms with E-state index in [1.165, 1.54) is 0 Å². The van der Waals surface area contributed by atoms with Crippen molar-refractivity contribution in [2.45, 2.75) is 30.6 Å². The molecule has 0 aromatic heterocycles. The Bertz CT molecular complexity index is 150. The molecule has 5 atom stereocenters. The SMILES string of the molecule is [NH3+]C1C(O)C(O)OC(CO)C1O. The Hall–Kier alpha value is -0.240. The molecule has 1 aliphatic heterocycles. The fourth-order valence-corrected chi connectivity index (χ4v) is 1.18. The first-order chi connectivity index (χ1) is 5.57. The third-order valence-electron chi connectivity index (χ3n) is 2.04. The summed E-state index contributed by atoms with van der Waals surface area (Å²) in [6.07, 6.45) is -4.50.